The lowest BCUT2D eigenvalue weighted by Crippen LogP contribution is -2.47. The fourth-order valence-corrected chi connectivity index (χ4v) is 3.06. The number of hydrazine groups is 1. The summed E-state index contributed by atoms with van der Waals surface area (Å²) >= 11 is 2.10. The molecule has 0 N–H and O–H groups in total. The molecular weight excluding hydrogens is 180 g/mol. The Morgan fingerprint density at radius 1 is 0.615 bits per heavy atom. The van der Waals surface area contributed by atoms with Crippen molar-refractivity contribution in [2.75, 3.05) is 37.7 Å². The monoisotopic (exact) mass is 200 g/mol. The molecule has 2 heterocycles. The molecule has 0 atom stereocenters. The Morgan fingerprint density at radius 2 is 1.15 bits per heavy atom. The van der Waals surface area contributed by atoms with E-state index >= 15 is 0 Å². The molecule has 2 aliphatic heterocycles. The summed E-state index contributed by atoms with van der Waals surface area (Å²) in [6, 6.07) is 0. The fraction of sp³-hybridized carbons (Fsp3) is 1.00. The average molecular weight is 200 g/mol. The quantitative estimate of drug-likeness (QED) is 0.637. The first-order valence-corrected chi connectivity index (χ1v) is 6.70. The van der Waals surface area contributed by atoms with Gasteiger partial charge in [0.05, 0.1) is 0 Å². The topological polar surface area (TPSA) is 6.48 Å². The third-order valence-corrected chi connectivity index (χ3v) is 3.91. The Bertz CT molecular complexity index is 138. The highest BCUT2D eigenvalue weighted by Crippen LogP contribution is 2.16. The fourth-order valence-electron chi connectivity index (χ4n) is 2.17. The maximum Gasteiger partial charge on any atom is 0.0224 e. The molecule has 0 saturated carbocycles. The van der Waals surface area contributed by atoms with E-state index in [-0.39, 0.29) is 0 Å². The molecule has 0 bridgehead atoms. The smallest absolute Gasteiger partial charge is 0.0224 e. The molecule has 76 valence electrons. The summed E-state index contributed by atoms with van der Waals surface area (Å²) in [5.41, 5.74) is 0. The lowest BCUT2D eigenvalue weighted by molar-refractivity contribution is -0.0133. The van der Waals surface area contributed by atoms with E-state index in [1.165, 1.54) is 63.4 Å². The molecule has 3 heteroatoms. The molecule has 0 unspecified atom stereocenters. The van der Waals surface area contributed by atoms with Crippen LogP contribution in [0.4, 0.5) is 0 Å². The van der Waals surface area contributed by atoms with Gasteiger partial charge in [0.2, 0.25) is 0 Å². The van der Waals surface area contributed by atoms with E-state index in [4.69, 9.17) is 0 Å². The zero-order valence-electron chi connectivity index (χ0n) is 8.37. The molecule has 2 aliphatic rings. The lowest BCUT2D eigenvalue weighted by Gasteiger charge is -2.36. The Hall–Kier alpha value is 0.270. The predicted molar refractivity (Wildman–Crippen MR) is 58.9 cm³/mol. The molecule has 0 spiro atoms. The van der Waals surface area contributed by atoms with Crippen molar-refractivity contribution in [1.29, 1.82) is 0 Å². The van der Waals surface area contributed by atoms with Gasteiger partial charge >= 0.3 is 0 Å². The molecule has 0 radical (unpaired) electrons. The van der Waals surface area contributed by atoms with E-state index in [0.29, 0.717) is 0 Å². The molecule has 0 amide bonds. The SMILES string of the molecule is C1CCCN(N2CCSCC2)CC1. The number of nitrogens with zero attached hydrogens (tertiary/aromatic N) is 2. The zero-order chi connectivity index (χ0) is 8.93. The molecule has 0 aliphatic carbocycles. The van der Waals surface area contributed by atoms with Crippen LogP contribution in [0.2, 0.25) is 0 Å². The molecule has 2 nitrogen and oxygen atoms in total. The van der Waals surface area contributed by atoms with Gasteiger partial charge in [0.25, 0.3) is 0 Å². The number of thioether (sulfide) groups is 1. The van der Waals surface area contributed by atoms with Crippen LogP contribution in [0.3, 0.4) is 0 Å². The molecule has 0 aromatic carbocycles. The molecule has 0 aromatic heterocycles. The molecule has 0 aromatic rings. The van der Waals surface area contributed by atoms with Gasteiger partial charge in [0, 0.05) is 37.7 Å². The average Bonchev–Trinajstić information content (AvgIpc) is 2.47. The van der Waals surface area contributed by atoms with Crippen LogP contribution in [0.15, 0.2) is 0 Å². The summed E-state index contributed by atoms with van der Waals surface area (Å²) < 4.78 is 0. The van der Waals surface area contributed by atoms with E-state index in [0.717, 1.165) is 0 Å². The number of hydrogen-bond acceptors (Lipinski definition) is 3. The first kappa shape index (κ1) is 9.81. The minimum atomic E-state index is 1.28. The standard InChI is InChI=1S/C10H20N2S/c1-2-4-6-11(5-3-1)12-7-9-13-10-8-12/h1-10H2. The normalized spacial score (nSPS) is 28.6. The third-order valence-electron chi connectivity index (χ3n) is 2.97. The van der Waals surface area contributed by atoms with Crippen LogP contribution in [-0.2, 0) is 0 Å². The number of rotatable bonds is 1. The van der Waals surface area contributed by atoms with Crippen molar-refractivity contribution in [3.8, 4) is 0 Å². The second kappa shape index (κ2) is 5.23. The van der Waals surface area contributed by atoms with E-state index in [1.807, 2.05) is 0 Å². The van der Waals surface area contributed by atoms with Gasteiger partial charge in [-0.1, -0.05) is 12.8 Å². The molecule has 2 rings (SSSR count). The third kappa shape index (κ3) is 2.86. The Morgan fingerprint density at radius 3 is 1.77 bits per heavy atom. The second-order valence-corrected chi connectivity index (χ2v) is 5.16. The van der Waals surface area contributed by atoms with Crippen LogP contribution in [0.1, 0.15) is 25.7 Å². The second-order valence-electron chi connectivity index (χ2n) is 3.93. The maximum absolute atomic E-state index is 2.60. The number of hydrogen-bond donors (Lipinski definition) is 0. The van der Waals surface area contributed by atoms with Gasteiger partial charge in [-0.2, -0.15) is 11.8 Å². The van der Waals surface area contributed by atoms with Crippen molar-refractivity contribution in [1.82, 2.24) is 10.0 Å². The first-order valence-electron chi connectivity index (χ1n) is 5.54. The van der Waals surface area contributed by atoms with Gasteiger partial charge in [-0.3, -0.25) is 0 Å². The predicted octanol–water partition coefficient (Wildman–Crippen LogP) is 1.83. The molecule has 2 saturated heterocycles. The van der Waals surface area contributed by atoms with Crippen LogP contribution in [0, 0.1) is 0 Å². The largest absolute Gasteiger partial charge is 0.242 e. The Balaban J connectivity index is 1.82. The van der Waals surface area contributed by atoms with Crippen LogP contribution >= 0.6 is 11.8 Å². The van der Waals surface area contributed by atoms with Gasteiger partial charge in [0.1, 0.15) is 0 Å². The molecular formula is C10H20N2S. The van der Waals surface area contributed by atoms with Gasteiger partial charge in [-0.15, -0.1) is 0 Å². The van der Waals surface area contributed by atoms with Crippen molar-refractivity contribution in [3.05, 3.63) is 0 Å². The minimum Gasteiger partial charge on any atom is -0.242 e. The Kier molecular flexibility index (Phi) is 3.94. The van der Waals surface area contributed by atoms with Crippen molar-refractivity contribution >= 4 is 11.8 Å². The lowest BCUT2D eigenvalue weighted by atomic mass is 10.2. The Labute approximate surface area is 85.6 Å². The summed E-state index contributed by atoms with van der Waals surface area (Å²) in [4.78, 5) is 0. The van der Waals surface area contributed by atoms with Crippen molar-refractivity contribution in [2.45, 2.75) is 25.7 Å². The van der Waals surface area contributed by atoms with Crippen molar-refractivity contribution in [3.63, 3.8) is 0 Å². The summed E-state index contributed by atoms with van der Waals surface area (Å²) in [6.45, 7) is 5.19. The van der Waals surface area contributed by atoms with Gasteiger partial charge < -0.3 is 0 Å². The maximum atomic E-state index is 2.60. The zero-order valence-corrected chi connectivity index (χ0v) is 9.19. The first-order chi connectivity index (χ1) is 6.47. The van der Waals surface area contributed by atoms with Crippen LogP contribution in [0.25, 0.3) is 0 Å². The highest BCUT2D eigenvalue weighted by atomic mass is 32.2. The highest BCUT2D eigenvalue weighted by Gasteiger charge is 2.18. The van der Waals surface area contributed by atoms with Crippen molar-refractivity contribution < 1.29 is 0 Å². The summed E-state index contributed by atoms with van der Waals surface area (Å²) in [5.74, 6) is 2.66. The van der Waals surface area contributed by atoms with E-state index in [9.17, 15) is 0 Å². The van der Waals surface area contributed by atoms with E-state index in [1.54, 1.807) is 0 Å². The van der Waals surface area contributed by atoms with Crippen LogP contribution in [0.5, 0.6) is 0 Å². The van der Waals surface area contributed by atoms with Gasteiger partial charge in [-0.25, -0.2) is 10.0 Å². The minimum absolute atomic E-state index is 1.28. The summed E-state index contributed by atoms with van der Waals surface area (Å²) in [7, 11) is 0. The van der Waals surface area contributed by atoms with Crippen LogP contribution < -0.4 is 0 Å². The molecule has 13 heavy (non-hydrogen) atoms. The van der Waals surface area contributed by atoms with Crippen LogP contribution in [-0.4, -0.2) is 47.7 Å². The van der Waals surface area contributed by atoms with Gasteiger partial charge in [-0.05, 0) is 12.8 Å². The van der Waals surface area contributed by atoms with Gasteiger partial charge in [0.15, 0.2) is 0 Å². The summed E-state index contributed by atoms with van der Waals surface area (Å²) in [5, 5.41) is 5.19. The summed E-state index contributed by atoms with van der Waals surface area (Å²) in [6.07, 6.45) is 5.70. The molecule has 2 fully saturated rings. The van der Waals surface area contributed by atoms with E-state index < -0.39 is 0 Å². The highest BCUT2D eigenvalue weighted by molar-refractivity contribution is 7.99. The van der Waals surface area contributed by atoms with E-state index in [2.05, 4.69) is 21.8 Å². The van der Waals surface area contributed by atoms with Crippen molar-refractivity contribution in [2.24, 2.45) is 0 Å².